The van der Waals surface area contributed by atoms with Gasteiger partial charge in [-0.1, -0.05) is 23.9 Å². The van der Waals surface area contributed by atoms with Crippen molar-refractivity contribution in [2.24, 2.45) is 5.92 Å². The van der Waals surface area contributed by atoms with Crippen molar-refractivity contribution in [3.05, 3.63) is 41.2 Å². The Morgan fingerprint density at radius 3 is 2.42 bits per heavy atom. The van der Waals surface area contributed by atoms with Crippen molar-refractivity contribution in [1.82, 2.24) is 14.9 Å². The molecule has 1 fully saturated rings. The van der Waals surface area contributed by atoms with Crippen LogP contribution in [0.2, 0.25) is 0 Å². The van der Waals surface area contributed by atoms with Gasteiger partial charge in [0.15, 0.2) is 5.16 Å². The van der Waals surface area contributed by atoms with E-state index >= 15 is 0 Å². The van der Waals surface area contributed by atoms with E-state index in [4.69, 9.17) is 4.74 Å². The van der Waals surface area contributed by atoms with Crippen LogP contribution < -0.4 is 10.1 Å². The zero-order chi connectivity index (χ0) is 22.4. The van der Waals surface area contributed by atoms with Gasteiger partial charge in [0.1, 0.15) is 5.75 Å². The summed E-state index contributed by atoms with van der Waals surface area (Å²) in [6.45, 7) is 5.14. The lowest BCUT2D eigenvalue weighted by Crippen LogP contribution is -2.41. The first-order valence-corrected chi connectivity index (χ1v) is 11.7. The summed E-state index contributed by atoms with van der Waals surface area (Å²) >= 11 is 1.52. The highest BCUT2D eigenvalue weighted by Gasteiger charge is 2.27. The third-order valence-electron chi connectivity index (χ3n) is 5.75. The molecular weight excluding hydrogens is 412 g/mol. The fourth-order valence-corrected chi connectivity index (χ4v) is 4.38. The van der Waals surface area contributed by atoms with Gasteiger partial charge in [0.2, 0.25) is 11.8 Å². The van der Waals surface area contributed by atoms with Crippen LogP contribution in [0, 0.1) is 19.8 Å². The maximum atomic E-state index is 12.7. The Hall–Kier alpha value is -2.61. The minimum atomic E-state index is -0.106. The summed E-state index contributed by atoms with van der Waals surface area (Å²) in [5.41, 5.74) is 3.61. The van der Waals surface area contributed by atoms with Crippen molar-refractivity contribution >= 4 is 29.3 Å². The molecule has 31 heavy (non-hydrogen) atoms. The highest BCUT2D eigenvalue weighted by Crippen LogP contribution is 2.26. The third-order valence-corrected chi connectivity index (χ3v) is 6.30. The van der Waals surface area contributed by atoms with Crippen molar-refractivity contribution in [3.8, 4) is 5.75 Å². The van der Waals surface area contributed by atoms with Crippen LogP contribution in [0.4, 0.5) is 5.69 Å². The molecule has 2 heterocycles. The standard InChI is InChI=1S/C23H30N4O3S/c1-15-18(16(2)25-23(24-15)31-4)9-10-21(28)27-13-11-17(12-14-27)22(29)26-19-7-5-6-8-20(19)30-3/h5-8,17H,9-14H2,1-4H3,(H,26,29). The van der Waals surface area contributed by atoms with Crippen LogP contribution in [0.1, 0.15) is 36.2 Å². The van der Waals surface area contributed by atoms with Crippen molar-refractivity contribution in [1.29, 1.82) is 0 Å². The number of methoxy groups -OCH3 is 1. The number of hydrogen-bond donors (Lipinski definition) is 1. The van der Waals surface area contributed by atoms with Gasteiger partial charge in [0.25, 0.3) is 0 Å². The maximum absolute atomic E-state index is 12.7. The summed E-state index contributed by atoms with van der Waals surface area (Å²) in [6.07, 6.45) is 4.35. The molecule has 0 saturated carbocycles. The number of para-hydroxylation sites is 2. The molecule has 3 rings (SSSR count). The Bertz CT molecular complexity index is 919. The van der Waals surface area contributed by atoms with Crippen LogP contribution in [0.5, 0.6) is 5.75 Å². The number of aryl methyl sites for hydroxylation is 2. The normalized spacial score (nSPS) is 14.4. The number of hydrogen-bond acceptors (Lipinski definition) is 6. The zero-order valence-electron chi connectivity index (χ0n) is 18.6. The second-order valence-electron chi connectivity index (χ2n) is 7.70. The van der Waals surface area contributed by atoms with Gasteiger partial charge >= 0.3 is 0 Å². The lowest BCUT2D eigenvalue weighted by atomic mass is 9.95. The predicted molar refractivity (Wildman–Crippen MR) is 123 cm³/mol. The number of aromatic nitrogens is 2. The average molecular weight is 443 g/mol. The van der Waals surface area contributed by atoms with Crippen LogP contribution in [0.25, 0.3) is 0 Å². The van der Waals surface area contributed by atoms with E-state index in [2.05, 4.69) is 15.3 Å². The largest absolute Gasteiger partial charge is 0.495 e. The molecule has 8 heteroatoms. The number of rotatable bonds is 7. The molecule has 7 nitrogen and oxygen atoms in total. The van der Waals surface area contributed by atoms with Gasteiger partial charge in [-0.2, -0.15) is 0 Å². The van der Waals surface area contributed by atoms with Crippen LogP contribution in [0.15, 0.2) is 29.4 Å². The van der Waals surface area contributed by atoms with E-state index < -0.39 is 0 Å². The van der Waals surface area contributed by atoms with Gasteiger partial charge in [0.05, 0.1) is 12.8 Å². The molecule has 0 spiro atoms. The molecule has 1 saturated heterocycles. The molecule has 166 valence electrons. The second-order valence-corrected chi connectivity index (χ2v) is 8.48. The Labute approximate surface area is 188 Å². The second kappa shape index (κ2) is 10.6. The fraction of sp³-hybridized carbons (Fsp3) is 0.478. The van der Waals surface area contributed by atoms with Gasteiger partial charge in [-0.25, -0.2) is 9.97 Å². The van der Waals surface area contributed by atoms with E-state index in [1.807, 2.05) is 49.3 Å². The van der Waals surface area contributed by atoms with Crippen molar-refractivity contribution in [3.63, 3.8) is 0 Å². The first-order chi connectivity index (χ1) is 14.9. The molecule has 1 aromatic carbocycles. The lowest BCUT2D eigenvalue weighted by Gasteiger charge is -2.31. The Kier molecular flexibility index (Phi) is 7.90. The Morgan fingerprint density at radius 1 is 1.16 bits per heavy atom. The molecule has 1 aliphatic heterocycles. The van der Waals surface area contributed by atoms with E-state index in [-0.39, 0.29) is 17.7 Å². The molecule has 2 amide bonds. The third kappa shape index (κ3) is 5.76. The van der Waals surface area contributed by atoms with E-state index in [0.29, 0.717) is 50.2 Å². The van der Waals surface area contributed by atoms with Crippen molar-refractivity contribution < 1.29 is 14.3 Å². The molecule has 1 aliphatic rings. The zero-order valence-corrected chi connectivity index (χ0v) is 19.4. The monoisotopic (exact) mass is 442 g/mol. The van der Waals surface area contributed by atoms with E-state index in [1.165, 1.54) is 11.8 Å². The molecule has 0 atom stereocenters. The first kappa shape index (κ1) is 23.1. The topological polar surface area (TPSA) is 84.4 Å². The molecule has 0 aliphatic carbocycles. The number of amides is 2. The molecule has 0 unspecified atom stereocenters. The molecule has 1 aromatic heterocycles. The van der Waals surface area contributed by atoms with Crippen molar-refractivity contribution in [2.75, 3.05) is 31.8 Å². The molecular formula is C23H30N4O3S. The van der Waals surface area contributed by atoms with Gasteiger partial charge in [-0.3, -0.25) is 9.59 Å². The molecule has 0 radical (unpaired) electrons. The summed E-state index contributed by atoms with van der Waals surface area (Å²) in [4.78, 5) is 36.3. The summed E-state index contributed by atoms with van der Waals surface area (Å²) in [5.74, 6) is 0.639. The maximum Gasteiger partial charge on any atom is 0.227 e. The molecule has 1 N–H and O–H groups in total. The number of ether oxygens (including phenoxy) is 1. The van der Waals surface area contributed by atoms with Crippen LogP contribution >= 0.6 is 11.8 Å². The highest BCUT2D eigenvalue weighted by atomic mass is 32.2. The minimum absolute atomic E-state index is 0.0196. The van der Waals surface area contributed by atoms with Crippen LogP contribution in [0.3, 0.4) is 0 Å². The predicted octanol–water partition coefficient (Wildman–Crippen LogP) is 3.63. The number of piperidine rings is 1. The Balaban J connectivity index is 1.50. The number of thioether (sulfide) groups is 1. The quantitative estimate of drug-likeness (QED) is 0.521. The smallest absolute Gasteiger partial charge is 0.227 e. The summed E-state index contributed by atoms with van der Waals surface area (Å²) in [7, 11) is 1.58. The van der Waals surface area contributed by atoms with Gasteiger partial charge < -0.3 is 15.0 Å². The number of nitrogens with one attached hydrogen (secondary N) is 1. The average Bonchev–Trinajstić information content (AvgIpc) is 2.78. The number of nitrogens with zero attached hydrogens (tertiary/aromatic N) is 3. The van der Waals surface area contributed by atoms with Gasteiger partial charge in [-0.05, 0) is 57.1 Å². The summed E-state index contributed by atoms with van der Waals surface area (Å²) in [5, 5.41) is 3.72. The summed E-state index contributed by atoms with van der Waals surface area (Å²) in [6, 6.07) is 7.38. The van der Waals surface area contributed by atoms with E-state index in [1.54, 1.807) is 7.11 Å². The van der Waals surface area contributed by atoms with Crippen LogP contribution in [-0.2, 0) is 16.0 Å². The number of benzene rings is 1. The number of carbonyl (C=O) groups is 2. The van der Waals surface area contributed by atoms with Crippen LogP contribution in [-0.4, -0.2) is 53.1 Å². The SMILES string of the molecule is COc1ccccc1NC(=O)C1CCN(C(=O)CCc2c(C)nc(SC)nc2C)CC1. The number of carbonyl (C=O) groups excluding carboxylic acids is 2. The van der Waals surface area contributed by atoms with Crippen molar-refractivity contribution in [2.45, 2.75) is 44.7 Å². The van der Waals surface area contributed by atoms with E-state index in [9.17, 15) is 9.59 Å². The fourth-order valence-electron chi connectivity index (χ4n) is 3.93. The van der Waals surface area contributed by atoms with E-state index in [0.717, 1.165) is 22.1 Å². The highest BCUT2D eigenvalue weighted by molar-refractivity contribution is 7.98. The van der Waals surface area contributed by atoms with Gasteiger partial charge in [-0.15, -0.1) is 0 Å². The Morgan fingerprint density at radius 2 is 1.81 bits per heavy atom. The number of likely N-dealkylation sites (tertiary alicyclic amines) is 1. The lowest BCUT2D eigenvalue weighted by molar-refractivity contribution is -0.134. The molecule has 2 aromatic rings. The minimum Gasteiger partial charge on any atom is -0.495 e. The molecule has 0 bridgehead atoms. The number of anilines is 1. The van der Waals surface area contributed by atoms with Gasteiger partial charge in [0, 0.05) is 36.8 Å². The summed E-state index contributed by atoms with van der Waals surface area (Å²) < 4.78 is 5.30. The first-order valence-electron chi connectivity index (χ1n) is 10.5.